The molecule has 0 N–H and O–H groups in total. The number of fused-ring (bicyclic) bond motifs is 13. The van der Waals surface area contributed by atoms with Crippen molar-refractivity contribution in [3.8, 4) is 55.6 Å². The minimum atomic E-state index is -0.483. The van der Waals surface area contributed by atoms with Crippen LogP contribution in [0.3, 0.4) is 0 Å². The van der Waals surface area contributed by atoms with Gasteiger partial charge in [0, 0.05) is 17.1 Å². The van der Waals surface area contributed by atoms with Crippen LogP contribution in [-0.4, -0.2) is 0 Å². The predicted octanol–water partition coefficient (Wildman–Crippen LogP) is 17.2. The molecule has 0 amide bonds. The van der Waals surface area contributed by atoms with E-state index >= 15 is 0 Å². The maximum atomic E-state index is 2.50. The summed E-state index contributed by atoms with van der Waals surface area (Å²) in [6, 6.07) is 102. The third kappa shape index (κ3) is 5.65. The zero-order valence-corrected chi connectivity index (χ0v) is 37.9. The van der Waals surface area contributed by atoms with E-state index in [1.165, 1.54) is 100 Å². The van der Waals surface area contributed by atoms with Gasteiger partial charge in [0.15, 0.2) is 0 Å². The minimum Gasteiger partial charge on any atom is -0.310 e. The zero-order chi connectivity index (χ0) is 45.5. The molecule has 0 fully saturated rings. The van der Waals surface area contributed by atoms with Crippen LogP contribution in [0.5, 0.6) is 0 Å². The molecule has 11 aromatic rings. The Bertz CT molecular complexity index is 3670. The van der Waals surface area contributed by atoms with Gasteiger partial charge in [-0.15, -0.1) is 0 Å². The first-order chi connectivity index (χ1) is 34.2. The van der Waals surface area contributed by atoms with Gasteiger partial charge in [-0.25, -0.2) is 0 Å². The molecule has 0 unspecified atom stereocenters. The Morgan fingerprint density at radius 3 is 1.13 bits per heavy atom. The molecular weight excluding hydrogens is 831 g/mol. The second kappa shape index (κ2) is 15.4. The molecule has 1 heteroatoms. The number of nitrogens with zero attached hydrogens (tertiary/aromatic N) is 1. The lowest BCUT2D eigenvalue weighted by atomic mass is 9.68. The summed E-state index contributed by atoms with van der Waals surface area (Å²) in [5.41, 5.74) is 25.3. The SMILES string of the molecule is c1ccc(-c2cccc(-c3ccc(N(c4ccc5c(c4)-c4ccccc4C5(c4ccccc4)c4ccccc4)c4ccc5c(c4)C4(c6ccccc6-c6ccccc64)c4ccccc4-5)cc3)c2)cc1. The van der Waals surface area contributed by atoms with Crippen LogP contribution in [0, 0.1) is 0 Å². The Morgan fingerprint density at radius 1 is 0.203 bits per heavy atom. The maximum Gasteiger partial charge on any atom is 0.0726 e. The van der Waals surface area contributed by atoms with Crippen molar-refractivity contribution >= 4 is 17.1 Å². The average molecular weight is 876 g/mol. The van der Waals surface area contributed by atoms with E-state index in [-0.39, 0.29) is 0 Å². The standard InChI is InChI=1S/C68H45N/c1-4-19-46(20-5-1)48-21-18-22-49(43-48)47-35-37-52(38-36-47)69(53-40-42-65-60(44-53)58-30-13-14-31-61(58)67(65,50-23-6-2-7-24-50)51-25-8-3-9-26-51)54-39-41-59-57-29-12-17-34-64(57)68(66(59)45-54)62-32-15-10-27-55(62)56-28-11-16-33-63(56)68/h1-45H. The molecule has 3 aliphatic rings. The van der Waals surface area contributed by atoms with E-state index < -0.39 is 10.8 Å². The van der Waals surface area contributed by atoms with Crippen LogP contribution in [0.2, 0.25) is 0 Å². The fourth-order valence-corrected chi connectivity index (χ4v) is 12.6. The van der Waals surface area contributed by atoms with Crippen LogP contribution in [-0.2, 0) is 10.8 Å². The molecule has 322 valence electrons. The Balaban J connectivity index is 0.992. The molecule has 3 aliphatic carbocycles. The molecule has 11 aromatic carbocycles. The third-order valence-corrected chi connectivity index (χ3v) is 15.4. The molecule has 0 radical (unpaired) electrons. The van der Waals surface area contributed by atoms with E-state index in [1.807, 2.05) is 0 Å². The molecule has 14 rings (SSSR count). The lowest BCUT2D eigenvalue weighted by molar-refractivity contribution is 0.768. The van der Waals surface area contributed by atoms with Crippen LogP contribution >= 0.6 is 0 Å². The van der Waals surface area contributed by atoms with Gasteiger partial charge in [-0.3, -0.25) is 0 Å². The van der Waals surface area contributed by atoms with Gasteiger partial charge in [0.2, 0.25) is 0 Å². The monoisotopic (exact) mass is 875 g/mol. The quantitative estimate of drug-likeness (QED) is 0.154. The summed E-state index contributed by atoms with van der Waals surface area (Å²) in [6.07, 6.45) is 0. The average Bonchev–Trinajstić information content (AvgIpc) is 4.02. The first-order valence-electron chi connectivity index (χ1n) is 24.1. The number of hydrogen-bond donors (Lipinski definition) is 0. The highest BCUT2D eigenvalue weighted by molar-refractivity contribution is 5.97. The van der Waals surface area contributed by atoms with Crippen molar-refractivity contribution in [1.82, 2.24) is 0 Å². The van der Waals surface area contributed by atoms with Gasteiger partial charge in [-0.05, 0) is 143 Å². The van der Waals surface area contributed by atoms with Gasteiger partial charge in [0.25, 0.3) is 0 Å². The summed E-state index contributed by atoms with van der Waals surface area (Å²) in [6.45, 7) is 0. The van der Waals surface area contributed by atoms with E-state index in [1.54, 1.807) is 0 Å². The second-order valence-corrected chi connectivity index (χ2v) is 18.7. The van der Waals surface area contributed by atoms with Crippen molar-refractivity contribution in [2.75, 3.05) is 4.90 Å². The van der Waals surface area contributed by atoms with Crippen LogP contribution < -0.4 is 4.90 Å². The van der Waals surface area contributed by atoms with E-state index in [9.17, 15) is 0 Å². The Labute approximate surface area is 403 Å². The third-order valence-electron chi connectivity index (χ3n) is 15.4. The molecule has 0 aromatic heterocycles. The summed E-state index contributed by atoms with van der Waals surface area (Å²) in [7, 11) is 0. The van der Waals surface area contributed by atoms with Crippen LogP contribution in [0.25, 0.3) is 55.6 Å². The smallest absolute Gasteiger partial charge is 0.0726 e. The first kappa shape index (κ1) is 39.4. The van der Waals surface area contributed by atoms with Crippen molar-refractivity contribution in [2.45, 2.75) is 10.8 Å². The Morgan fingerprint density at radius 2 is 0.580 bits per heavy atom. The number of anilines is 3. The normalized spacial score (nSPS) is 13.7. The Kier molecular flexibility index (Phi) is 8.78. The second-order valence-electron chi connectivity index (χ2n) is 18.7. The molecule has 0 heterocycles. The predicted molar refractivity (Wildman–Crippen MR) is 286 cm³/mol. The molecule has 0 saturated heterocycles. The Hall–Kier alpha value is -8.78. The fraction of sp³-hybridized carbons (Fsp3) is 0.0294. The van der Waals surface area contributed by atoms with Gasteiger partial charge < -0.3 is 4.90 Å². The molecular formula is C68H45N. The van der Waals surface area contributed by atoms with Crippen molar-refractivity contribution in [3.05, 3.63) is 317 Å². The van der Waals surface area contributed by atoms with Crippen molar-refractivity contribution in [3.63, 3.8) is 0 Å². The maximum absolute atomic E-state index is 2.50. The summed E-state index contributed by atoms with van der Waals surface area (Å²) >= 11 is 0. The topological polar surface area (TPSA) is 3.24 Å². The van der Waals surface area contributed by atoms with E-state index in [0.29, 0.717) is 0 Å². The fourth-order valence-electron chi connectivity index (χ4n) is 12.6. The first-order valence-corrected chi connectivity index (χ1v) is 24.1. The summed E-state index contributed by atoms with van der Waals surface area (Å²) in [5.74, 6) is 0. The van der Waals surface area contributed by atoms with Crippen LogP contribution in [0.4, 0.5) is 17.1 Å². The summed E-state index contributed by atoms with van der Waals surface area (Å²) in [5, 5.41) is 0. The number of hydrogen-bond acceptors (Lipinski definition) is 1. The lowest BCUT2D eigenvalue weighted by Gasteiger charge is -2.34. The molecule has 1 nitrogen and oxygen atoms in total. The summed E-state index contributed by atoms with van der Waals surface area (Å²) in [4.78, 5) is 2.49. The van der Waals surface area contributed by atoms with Gasteiger partial charge in [0.05, 0.1) is 10.8 Å². The highest BCUT2D eigenvalue weighted by atomic mass is 15.1. The highest BCUT2D eigenvalue weighted by Crippen LogP contribution is 2.64. The molecule has 0 aliphatic heterocycles. The van der Waals surface area contributed by atoms with Gasteiger partial charge in [-0.1, -0.05) is 231 Å². The van der Waals surface area contributed by atoms with Gasteiger partial charge in [-0.2, -0.15) is 0 Å². The van der Waals surface area contributed by atoms with Gasteiger partial charge in [0.1, 0.15) is 0 Å². The van der Waals surface area contributed by atoms with E-state index in [0.717, 1.165) is 17.1 Å². The molecule has 0 atom stereocenters. The highest BCUT2D eigenvalue weighted by Gasteiger charge is 2.52. The van der Waals surface area contributed by atoms with Crippen LogP contribution in [0.1, 0.15) is 44.5 Å². The van der Waals surface area contributed by atoms with E-state index in [4.69, 9.17) is 0 Å². The number of rotatable bonds is 7. The zero-order valence-electron chi connectivity index (χ0n) is 37.9. The molecule has 0 saturated carbocycles. The van der Waals surface area contributed by atoms with Crippen molar-refractivity contribution in [2.24, 2.45) is 0 Å². The largest absolute Gasteiger partial charge is 0.310 e. The van der Waals surface area contributed by atoms with Crippen molar-refractivity contribution < 1.29 is 0 Å². The minimum absolute atomic E-state index is 0.462. The number of benzene rings is 11. The lowest BCUT2D eigenvalue weighted by Crippen LogP contribution is -2.28. The van der Waals surface area contributed by atoms with Crippen molar-refractivity contribution in [1.29, 1.82) is 0 Å². The van der Waals surface area contributed by atoms with Crippen LogP contribution in [0.15, 0.2) is 273 Å². The summed E-state index contributed by atoms with van der Waals surface area (Å²) < 4.78 is 0. The molecule has 1 spiro atoms. The van der Waals surface area contributed by atoms with Gasteiger partial charge >= 0.3 is 0 Å². The molecule has 0 bridgehead atoms. The van der Waals surface area contributed by atoms with E-state index in [2.05, 4.69) is 278 Å². The molecule has 69 heavy (non-hydrogen) atoms.